The van der Waals surface area contributed by atoms with Crippen molar-refractivity contribution in [1.29, 1.82) is 0 Å². The molecule has 0 saturated carbocycles. The smallest absolute Gasteiger partial charge is 0.0436 e. The third-order valence-electron chi connectivity index (χ3n) is 5.00. The van der Waals surface area contributed by atoms with Crippen molar-refractivity contribution in [2.75, 3.05) is 18.0 Å². The first kappa shape index (κ1) is 13.0. The summed E-state index contributed by atoms with van der Waals surface area (Å²) in [5.41, 5.74) is 9.99. The molecule has 0 unspecified atom stereocenters. The first-order valence-corrected chi connectivity index (χ1v) is 7.81. The van der Waals surface area contributed by atoms with Crippen molar-refractivity contribution in [3.05, 3.63) is 27.8 Å². The minimum atomic E-state index is 0.263. The van der Waals surface area contributed by atoms with Crippen LogP contribution < -0.4 is 4.90 Å². The Balaban J connectivity index is 2.32. The van der Waals surface area contributed by atoms with Gasteiger partial charge in [0.25, 0.3) is 0 Å². The molecule has 0 spiro atoms. The second-order valence-electron chi connectivity index (χ2n) is 7.37. The fourth-order valence-corrected chi connectivity index (χ4v) is 4.47. The molecule has 0 atom stereocenters. The molecule has 19 heavy (non-hydrogen) atoms. The topological polar surface area (TPSA) is 3.24 Å². The van der Waals surface area contributed by atoms with Gasteiger partial charge < -0.3 is 4.90 Å². The molecule has 104 valence electrons. The molecule has 0 N–H and O–H groups in total. The predicted molar refractivity (Wildman–Crippen MR) is 83.5 cm³/mol. The van der Waals surface area contributed by atoms with Crippen LogP contribution in [0.2, 0.25) is 0 Å². The highest BCUT2D eigenvalue weighted by Gasteiger charge is 2.31. The van der Waals surface area contributed by atoms with E-state index in [4.69, 9.17) is 0 Å². The van der Waals surface area contributed by atoms with Crippen LogP contribution in [0.25, 0.3) is 0 Å². The Bertz CT molecular complexity index is 482. The maximum atomic E-state index is 2.66. The average molecular weight is 257 g/mol. The number of anilines is 1. The Morgan fingerprint density at radius 2 is 1.32 bits per heavy atom. The van der Waals surface area contributed by atoms with E-state index < -0.39 is 0 Å². The van der Waals surface area contributed by atoms with Crippen molar-refractivity contribution in [1.82, 2.24) is 0 Å². The average Bonchev–Trinajstić information content (AvgIpc) is 2.34. The molecule has 0 radical (unpaired) electrons. The Labute approximate surface area is 118 Å². The molecule has 1 nitrogen and oxygen atoms in total. The van der Waals surface area contributed by atoms with Gasteiger partial charge in [0, 0.05) is 18.8 Å². The Morgan fingerprint density at radius 3 is 1.74 bits per heavy atom. The molecule has 3 rings (SSSR count). The summed E-state index contributed by atoms with van der Waals surface area (Å²) < 4.78 is 0. The van der Waals surface area contributed by atoms with Crippen LogP contribution in [-0.4, -0.2) is 13.1 Å². The van der Waals surface area contributed by atoms with Crippen LogP contribution in [0.3, 0.4) is 0 Å². The minimum Gasteiger partial charge on any atom is -0.371 e. The fourth-order valence-electron chi connectivity index (χ4n) is 4.47. The first-order chi connectivity index (χ1) is 8.91. The summed E-state index contributed by atoms with van der Waals surface area (Å²) in [5.74, 6) is 0. The molecule has 1 aromatic rings. The third kappa shape index (κ3) is 1.89. The summed E-state index contributed by atoms with van der Waals surface area (Å²) in [6.07, 6.45) is 5.24. The highest BCUT2D eigenvalue weighted by atomic mass is 15.1. The highest BCUT2D eigenvalue weighted by molar-refractivity contribution is 5.70. The van der Waals surface area contributed by atoms with Gasteiger partial charge in [-0.25, -0.2) is 0 Å². The summed E-state index contributed by atoms with van der Waals surface area (Å²) in [6.45, 7) is 14.4. The van der Waals surface area contributed by atoms with E-state index in [0.29, 0.717) is 0 Å². The number of nitrogens with zero attached hydrogens (tertiary/aromatic N) is 1. The molecule has 0 aliphatic carbocycles. The zero-order chi connectivity index (χ0) is 13.8. The van der Waals surface area contributed by atoms with Crippen molar-refractivity contribution in [2.45, 2.75) is 65.7 Å². The van der Waals surface area contributed by atoms with Crippen molar-refractivity contribution in [3.63, 3.8) is 0 Å². The lowest BCUT2D eigenvalue weighted by Crippen LogP contribution is -2.36. The maximum Gasteiger partial charge on any atom is 0.0436 e. The molecule has 0 fully saturated rings. The van der Waals surface area contributed by atoms with E-state index in [-0.39, 0.29) is 5.41 Å². The van der Waals surface area contributed by atoms with Crippen molar-refractivity contribution in [3.8, 4) is 0 Å². The van der Waals surface area contributed by atoms with E-state index in [1.807, 2.05) is 0 Å². The van der Waals surface area contributed by atoms with E-state index in [0.717, 1.165) is 0 Å². The first-order valence-electron chi connectivity index (χ1n) is 7.81. The lowest BCUT2D eigenvalue weighted by atomic mass is 9.74. The molecule has 2 aliphatic rings. The van der Waals surface area contributed by atoms with Crippen LogP contribution in [0.5, 0.6) is 0 Å². The Kier molecular flexibility index (Phi) is 2.92. The summed E-state index contributed by atoms with van der Waals surface area (Å²) >= 11 is 0. The summed E-state index contributed by atoms with van der Waals surface area (Å²) in [4.78, 5) is 2.66. The molecule has 0 amide bonds. The molecule has 1 aromatic carbocycles. The number of benzene rings is 1. The minimum absolute atomic E-state index is 0.263. The molecular weight excluding hydrogens is 230 g/mol. The van der Waals surface area contributed by atoms with Crippen molar-refractivity contribution < 1.29 is 0 Å². The van der Waals surface area contributed by atoms with Gasteiger partial charge in [-0.2, -0.15) is 0 Å². The molecular formula is C18H27N. The fraction of sp³-hybridized carbons (Fsp3) is 0.667. The van der Waals surface area contributed by atoms with E-state index in [1.165, 1.54) is 38.8 Å². The molecule has 0 bridgehead atoms. The zero-order valence-electron chi connectivity index (χ0n) is 13.2. The van der Waals surface area contributed by atoms with Crippen LogP contribution in [0, 0.1) is 13.8 Å². The van der Waals surface area contributed by atoms with Gasteiger partial charge in [0.05, 0.1) is 0 Å². The van der Waals surface area contributed by atoms with Crippen LogP contribution >= 0.6 is 0 Å². The third-order valence-corrected chi connectivity index (χ3v) is 5.00. The van der Waals surface area contributed by atoms with Gasteiger partial charge in [0.15, 0.2) is 0 Å². The second-order valence-corrected chi connectivity index (χ2v) is 7.37. The molecule has 1 heteroatoms. The van der Waals surface area contributed by atoms with Gasteiger partial charge >= 0.3 is 0 Å². The Hall–Kier alpha value is -0.980. The van der Waals surface area contributed by atoms with Crippen molar-refractivity contribution in [2.24, 2.45) is 0 Å². The normalized spacial score (nSPS) is 18.5. The highest BCUT2D eigenvalue weighted by Crippen LogP contribution is 2.44. The second kappa shape index (κ2) is 4.26. The SMILES string of the molecule is Cc1c2c3c(c(C)c1C(C)(C)C)CCCN3CCC2. The lowest BCUT2D eigenvalue weighted by molar-refractivity contribution is 0.569. The lowest BCUT2D eigenvalue weighted by Gasteiger charge is -2.41. The number of hydrogen-bond donors (Lipinski definition) is 0. The Morgan fingerprint density at radius 1 is 0.842 bits per heavy atom. The molecule has 2 aliphatic heterocycles. The van der Waals surface area contributed by atoms with Crippen LogP contribution in [0.4, 0.5) is 5.69 Å². The van der Waals surface area contributed by atoms with E-state index in [9.17, 15) is 0 Å². The summed E-state index contributed by atoms with van der Waals surface area (Å²) in [5, 5.41) is 0. The van der Waals surface area contributed by atoms with Gasteiger partial charge in [0.1, 0.15) is 0 Å². The van der Waals surface area contributed by atoms with E-state index >= 15 is 0 Å². The number of hydrogen-bond acceptors (Lipinski definition) is 1. The van der Waals surface area contributed by atoms with E-state index in [2.05, 4.69) is 39.5 Å². The van der Waals surface area contributed by atoms with Crippen LogP contribution in [-0.2, 0) is 18.3 Å². The maximum absolute atomic E-state index is 2.66. The van der Waals surface area contributed by atoms with Gasteiger partial charge in [0.2, 0.25) is 0 Å². The van der Waals surface area contributed by atoms with Crippen LogP contribution in [0.1, 0.15) is 61.4 Å². The molecule has 2 heterocycles. The van der Waals surface area contributed by atoms with Gasteiger partial charge in [-0.1, -0.05) is 20.8 Å². The molecule has 0 saturated heterocycles. The predicted octanol–water partition coefficient (Wildman–Crippen LogP) is 4.30. The monoisotopic (exact) mass is 257 g/mol. The van der Waals surface area contributed by atoms with Gasteiger partial charge in [-0.3, -0.25) is 0 Å². The zero-order valence-corrected chi connectivity index (χ0v) is 13.2. The van der Waals surface area contributed by atoms with Gasteiger partial charge in [-0.05, 0) is 72.8 Å². The summed E-state index contributed by atoms with van der Waals surface area (Å²) in [6, 6.07) is 0. The largest absolute Gasteiger partial charge is 0.371 e. The summed E-state index contributed by atoms with van der Waals surface area (Å²) in [7, 11) is 0. The van der Waals surface area contributed by atoms with Gasteiger partial charge in [-0.15, -0.1) is 0 Å². The van der Waals surface area contributed by atoms with Crippen LogP contribution in [0.15, 0.2) is 0 Å². The van der Waals surface area contributed by atoms with E-state index in [1.54, 1.807) is 33.5 Å². The standard InChI is InChI=1S/C18H27N/c1-12-14-8-6-10-19-11-7-9-15(17(14)19)13(2)16(12)18(3,4)5/h6-11H2,1-5H3. The number of rotatable bonds is 0. The molecule has 0 aromatic heterocycles. The quantitative estimate of drug-likeness (QED) is 0.670. The van der Waals surface area contributed by atoms with Crippen molar-refractivity contribution >= 4 is 5.69 Å².